The van der Waals surface area contributed by atoms with Gasteiger partial charge in [-0.2, -0.15) is 0 Å². The van der Waals surface area contributed by atoms with Gasteiger partial charge in [-0.25, -0.2) is 9.18 Å². The van der Waals surface area contributed by atoms with Gasteiger partial charge >= 0.3 is 5.97 Å². The summed E-state index contributed by atoms with van der Waals surface area (Å²) < 4.78 is 13.0. The van der Waals surface area contributed by atoms with Crippen molar-refractivity contribution >= 4 is 5.97 Å². The van der Waals surface area contributed by atoms with Crippen LogP contribution in [0.25, 0.3) is 11.1 Å². The summed E-state index contributed by atoms with van der Waals surface area (Å²) in [6.07, 6.45) is 2.61. The van der Waals surface area contributed by atoms with Crippen LogP contribution in [0, 0.1) is 12.7 Å². The third-order valence-corrected chi connectivity index (χ3v) is 2.51. The van der Waals surface area contributed by atoms with Gasteiger partial charge in [-0.1, -0.05) is 12.1 Å². The molecule has 2 aromatic rings. The molecule has 0 fully saturated rings. The first-order chi connectivity index (χ1) is 8.08. The summed E-state index contributed by atoms with van der Waals surface area (Å²) in [5, 5.41) is 9.00. The number of carboxylic acids is 1. The molecular weight excluding hydrogens is 221 g/mol. The molecule has 0 aliphatic heterocycles. The summed E-state index contributed by atoms with van der Waals surface area (Å²) in [5.41, 5.74) is 2.09. The van der Waals surface area contributed by atoms with E-state index in [4.69, 9.17) is 5.11 Å². The van der Waals surface area contributed by atoms with Crippen molar-refractivity contribution in [2.24, 2.45) is 0 Å². The van der Waals surface area contributed by atoms with Crippen molar-refractivity contribution in [3.05, 3.63) is 53.6 Å². The highest BCUT2D eigenvalue weighted by Crippen LogP contribution is 2.22. The van der Waals surface area contributed by atoms with Gasteiger partial charge in [-0.05, 0) is 30.2 Å². The zero-order chi connectivity index (χ0) is 12.4. The lowest BCUT2D eigenvalue weighted by molar-refractivity contribution is 0.0696. The van der Waals surface area contributed by atoms with E-state index in [0.29, 0.717) is 16.7 Å². The first-order valence-electron chi connectivity index (χ1n) is 5.03. The summed E-state index contributed by atoms with van der Waals surface area (Å²) >= 11 is 0. The van der Waals surface area contributed by atoms with E-state index in [2.05, 4.69) is 4.98 Å². The lowest BCUT2D eigenvalue weighted by Crippen LogP contribution is -1.99. The van der Waals surface area contributed by atoms with Crippen molar-refractivity contribution in [3.8, 4) is 11.1 Å². The van der Waals surface area contributed by atoms with Crippen LogP contribution in [0.5, 0.6) is 0 Å². The van der Waals surface area contributed by atoms with E-state index in [9.17, 15) is 9.18 Å². The molecule has 1 N–H and O–H groups in total. The quantitative estimate of drug-likeness (QED) is 0.864. The average Bonchev–Trinajstić information content (AvgIpc) is 2.29. The second-order valence-corrected chi connectivity index (χ2v) is 3.73. The van der Waals surface area contributed by atoms with Gasteiger partial charge in [0.1, 0.15) is 5.82 Å². The molecule has 0 unspecified atom stereocenters. The number of aromatic nitrogens is 1. The molecule has 1 aromatic carbocycles. The fraction of sp³-hybridized carbons (Fsp3) is 0.0769. The average molecular weight is 231 g/mol. The van der Waals surface area contributed by atoms with Crippen molar-refractivity contribution in [3.63, 3.8) is 0 Å². The maximum atomic E-state index is 13.0. The maximum absolute atomic E-state index is 13.0. The Bertz CT molecular complexity index is 581. The fourth-order valence-electron chi connectivity index (χ4n) is 1.60. The normalized spacial score (nSPS) is 10.2. The fourth-order valence-corrected chi connectivity index (χ4v) is 1.60. The number of pyridine rings is 1. The van der Waals surface area contributed by atoms with Crippen LogP contribution in [0.1, 0.15) is 15.9 Å². The Hall–Kier alpha value is -2.23. The molecule has 0 spiro atoms. The lowest BCUT2D eigenvalue weighted by Gasteiger charge is -2.05. The van der Waals surface area contributed by atoms with E-state index in [1.807, 2.05) is 0 Å². The number of hydrogen-bond acceptors (Lipinski definition) is 2. The van der Waals surface area contributed by atoms with Gasteiger partial charge in [0.15, 0.2) is 0 Å². The van der Waals surface area contributed by atoms with E-state index in [0.717, 1.165) is 6.20 Å². The van der Waals surface area contributed by atoms with E-state index < -0.39 is 11.8 Å². The second-order valence-electron chi connectivity index (χ2n) is 3.73. The van der Waals surface area contributed by atoms with Gasteiger partial charge in [0.25, 0.3) is 0 Å². The monoisotopic (exact) mass is 231 g/mol. The molecule has 0 bridgehead atoms. The van der Waals surface area contributed by atoms with Crippen molar-refractivity contribution in [1.29, 1.82) is 0 Å². The van der Waals surface area contributed by atoms with Gasteiger partial charge in [-0.3, -0.25) is 4.98 Å². The molecule has 0 atom stereocenters. The molecule has 17 heavy (non-hydrogen) atoms. The second kappa shape index (κ2) is 4.33. The summed E-state index contributed by atoms with van der Waals surface area (Å²) in [5.74, 6) is -1.44. The SMILES string of the molecule is Cc1ccc(-c2cncc(F)c2)cc1C(=O)O. The van der Waals surface area contributed by atoms with Crippen LogP contribution in [0.3, 0.4) is 0 Å². The molecule has 3 nitrogen and oxygen atoms in total. The predicted molar refractivity (Wildman–Crippen MR) is 61.3 cm³/mol. The van der Waals surface area contributed by atoms with Crippen molar-refractivity contribution in [1.82, 2.24) is 4.98 Å². The van der Waals surface area contributed by atoms with E-state index in [1.165, 1.54) is 18.3 Å². The van der Waals surface area contributed by atoms with Crippen LogP contribution < -0.4 is 0 Å². The Morgan fingerprint density at radius 2 is 2.00 bits per heavy atom. The zero-order valence-electron chi connectivity index (χ0n) is 9.14. The highest BCUT2D eigenvalue weighted by molar-refractivity contribution is 5.91. The Morgan fingerprint density at radius 1 is 1.24 bits per heavy atom. The molecule has 2 rings (SSSR count). The topological polar surface area (TPSA) is 50.2 Å². The number of aryl methyl sites for hydroxylation is 1. The smallest absolute Gasteiger partial charge is 0.335 e. The summed E-state index contributed by atoms with van der Waals surface area (Å²) in [4.78, 5) is 14.7. The number of aromatic carboxylic acids is 1. The number of benzene rings is 1. The molecule has 1 heterocycles. The maximum Gasteiger partial charge on any atom is 0.335 e. The molecule has 0 saturated heterocycles. The minimum Gasteiger partial charge on any atom is -0.478 e. The predicted octanol–water partition coefficient (Wildman–Crippen LogP) is 2.89. The standard InChI is InChI=1S/C13H10FNO2/c1-8-2-3-9(5-12(8)13(16)17)10-4-11(14)7-15-6-10/h2-7H,1H3,(H,16,17). The van der Waals surface area contributed by atoms with E-state index in [1.54, 1.807) is 19.1 Å². The van der Waals surface area contributed by atoms with Crippen molar-refractivity contribution < 1.29 is 14.3 Å². The van der Waals surface area contributed by atoms with Gasteiger partial charge < -0.3 is 5.11 Å². The molecule has 86 valence electrons. The van der Waals surface area contributed by atoms with Crippen LogP contribution in [0.15, 0.2) is 36.7 Å². The minimum absolute atomic E-state index is 0.215. The summed E-state index contributed by atoms with van der Waals surface area (Å²) in [6, 6.07) is 6.29. The summed E-state index contributed by atoms with van der Waals surface area (Å²) in [7, 11) is 0. The van der Waals surface area contributed by atoms with Crippen molar-refractivity contribution in [2.45, 2.75) is 6.92 Å². The highest BCUT2D eigenvalue weighted by atomic mass is 19.1. The minimum atomic E-state index is -0.992. The molecular formula is C13H10FNO2. The Labute approximate surface area is 97.6 Å². The van der Waals surface area contributed by atoms with Crippen LogP contribution in [0.2, 0.25) is 0 Å². The molecule has 4 heteroatoms. The van der Waals surface area contributed by atoms with E-state index in [-0.39, 0.29) is 5.56 Å². The van der Waals surface area contributed by atoms with Gasteiger partial charge in [0.2, 0.25) is 0 Å². The number of nitrogens with zero attached hydrogens (tertiary/aromatic N) is 1. The first-order valence-corrected chi connectivity index (χ1v) is 5.03. The Morgan fingerprint density at radius 3 is 2.65 bits per heavy atom. The zero-order valence-corrected chi connectivity index (χ0v) is 9.14. The molecule has 0 saturated carbocycles. The number of carboxylic acid groups (broad SMARTS) is 1. The van der Waals surface area contributed by atoms with Crippen LogP contribution >= 0.6 is 0 Å². The number of hydrogen-bond donors (Lipinski definition) is 1. The molecule has 1 aromatic heterocycles. The molecule has 0 aliphatic carbocycles. The first kappa shape index (κ1) is 11.3. The Kier molecular flexibility index (Phi) is 2.87. The largest absolute Gasteiger partial charge is 0.478 e. The van der Waals surface area contributed by atoms with Gasteiger partial charge in [0.05, 0.1) is 11.8 Å². The number of halogens is 1. The van der Waals surface area contributed by atoms with Crippen LogP contribution in [-0.2, 0) is 0 Å². The number of carbonyl (C=O) groups is 1. The van der Waals surface area contributed by atoms with Gasteiger partial charge in [0, 0.05) is 11.8 Å². The van der Waals surface area contributed by atoms with Crippen molar-refractivity contribution in [2.75, 3.05) is 0 Å². The molecule has 0 aliphatic rings. The molecule has 0 amide bonds. The van der Waals surface area contributed by atoms with Crippen LogP contribution in [-0.4, -0.2) is 16.1 Å². The van der Waals surface area contributed by atoms with Crippen LogP contribution in [0.4, 0.5) is 4.39 Å². The number of rotatable bonds is 2. The Balaban J connectivity index is 2.54. The molecule has 0 radical (unpaired) electrons. The lowest BCUT2D eigenvalue weighted by atomic mass is 10.0. The van der Waals surface area contributed by atoms with E-state index >= 15 is 0 Å². The third-order valence-electron chi connectivity index (χ3n) is 2.51. The third kappa shape index (κ3) is 2.30. The highest BCUT2D eigenvalue weighted by Gasteiger charge is 2.09. The van der Waals surface area contributed by atoms with Gasteiger partial charge in [-0.15, -0.1) is 0 Å². The summed E-state index contributed by atoms with van der Waals surface area (Å²) in [6.45, 7) is 1.72.